The topological polar surface area (TPSA) is 90.7 Å². The summed E-state index contributed by atoms with van der Waals surface area (Å²) in [6.45, 7) is 1.91. The Balaban J connectivity index is 1.62. The highest BCUT2D eigenvalue weighted by molar-refractivity contribution is 5.73. The molecule has 0 spiro atoms. The number of hydrogen-bond donors (Lipinski definition) is 0. The lowest BCUT2D eigenvalue weighted by Crippen LogP contribution is -2.30. The molecule has 0 radical (unpaired) electrons. The smallest absolute Gasteiger partial charge is 0.312 e. The fraction of sp³-hybridized carbons (Fsp3) is 0.296. The molecule has 0 N–H and O–H groups in total. The van der Waals surface area contributed by atoms with Crippen LogP contribution in [0.2, 0.25) is 0 Å². The summed E-state index contributed by atoms with van der Waals surface area (Å²) in [5, 5.41) is 9.27. The second-order valence-electron chi connectivity index (χ2n) is 8.26. The predicted octanol–water partition coefficient (Wildman–Crippen LogP) is 5.85. The number of rotatable bonds is 9. The van der Waals surface area contributed by atoms with Gasteiger partial charge in [-0.25, -0.2) is 0 Å². The number of benzene rings is 2. The summed E-state index contributed by atoms with van der Waals surface area (Å²) in [7, 11) is 0. The van der Waals surface area contributed by atoms with Crippen molar-refractivity contribution in [3.05, 3.63) is 77.2 Å². The molecule has 0 saturated heterocycles. The van der Waals surface area contributed by atoms with Gasteiger partial charge in [-0.3, -0.25) is 4.79 Å². The summed E-state index contributed by atoms with van der Waals surface area (Å²) in [6.07, 6.45) is 0.387. The van der Waals surface area contributed by atoms with Crippen molar-refractivity contribution in [2.45, 2.75) is 38.9 Å². The Morgan fingerprint density at radius 2 is 1.86 bits per heavy atom. The number of hydrogen-bond acceptors (Lipinski definition) is 7. The van der Waals surface area contributed by atoms with Gasteiger partial charge in [0.1, 0.15) is 12.7 Å². The van der Waals surface area contributed by atoms with Crippen LogP contribution in [0.25, 0.3) is 0 Å². The molecular weight excluding hydrogens is 489 g/mol. The molecule has 2 atom stereocenters. The minimum atomic E-state index is -1.65. The Morgan fingerprint density at radius 3 is 2.59 bits per heavy atom. The molecular formula is C27H23F3N2O5. The highest BCUT2D eigenvalue weighted by Crippen LogP contribution is 2.39. The van der Waals surface area contributed by atoms with E-state index in [4.69, 9.17) is 18.9 Å². The van der Waals surface area contributed by atoms with Crippen LogP contribution in [-0.4, -0.2) is 23.7 Å². The molecule has 4 rings (SSSR count). The summed E-state index contributed by atoms with van der Waals surface area (Å²) in [5.74, 6) is -7.98. The number of ether oxygens (including phenoxy) is 4. The van der Waals surface area contributed by atoms with Gasteiger partial charge in [0.05, 0.1) is 24.2 Å². The predicted molar refractivity (Wildman–Crippen MR) is 125 cm³/mol. The molecule has 192 valence electrons. The number of halogens is 3. The van der Waals surface area contributed by atoms with E-state index in [1.165, 1.54) is 18.2 Å². The molecule has 7 nitrogen and oxygen atoms in total. The number of carbonyl (C=O) groups excluding carboxylic acids is 1. The van der Waals surface area contributed by atoms with Gasteiger partial charge in [-0.2, -0.15) is 23.4 Å². The zero-order valence-corrected chi connectivity index (χ0v) is 19.9. The van der Waals surface area contributed by atoms with E-state index in [0.29, 0.717) is 19.3 Å². The third-order valence-corrected chi connectivity index (χ3v) is 5.80. The number of pyridine rings is 1. The van der Waals surface area contributed by atoms with Crippen LogP contribution in [0.4, 0.5) is 13.2 Å². The SMILES string of the molecule is CCOC(=O)C1CCCC1Oc1c(F)c(F)nc(Oc2cc(C#N)ccc2OCc2ccccc2)c1F. The van der Waals surface area contributed by atoms with Gasteiger partial charge in [0.15, 0.2) is 11.5 Å². The van der Waals surface area contributed by atoms with E-state index >= 15 is 4.39 Å². The average Bonchev–Trinajstić information content (AvgIpc) is 3.38. The van der Waals surface area contributed by atoms with Gasteiger partial charge in [-0.15, -0.1) is 0 Å². The quantitative estimate of drug-likeness (QED) is 0.262. The lowest BCUT2D eigenvalue weighted by molar-refractivity contribution is -0.150. The monoisotopic (exact) mass is 512 g/mol. The van der Waals surface area contributed by atoms with Crippen LogP contribution in [-0.2, 0) is 16.1 Å². The zero-order valence-electron chi connectivity index (χ0n) is 19.9. The summed E-state index contributed by atoms with van der Waals surface area (Å²) in [6, 6.07) is 15.2. The van der Waals surface area contributed by atoms with Crippen molar-refractivity contribution in [3.8, 4) is 29.2 Å². The molecule has 3 aromatic rings. The van der Waals surface area contributed by atoms with Crippen molar-refractivity contribution in [2.24, 2.45) is 5.92 Å². The van der Waals surface area contributed by atoms with Gasteiger partial charge in [0.2, 0.25) is 17.4 Å². The Hall–Kier alpha value is -4.26. The Labute approximate surface area is 211 Å². The van der Waals surface area contributed by atoms with Crippen LogP contribution < -0.4 is 14.2 Å². The van der Waals surface area contributed by atoms with Crippen molar-refractivity contribution < 1.29 is 36.9 Å². The molecule has 1 aliphatic rings. The molecule has 0 aliphatic heterocycles. The normalized spacial score (nSPS) is 16.6. The van der Waals surface area contributed by atoms with Gasteiger partial charge < -0.3 is 18.9 Å². The van der Waals surface area contributed by atoms with Crippen LogP contribution in [0.1, 0.15) is 37.3 Å². The van der Waals surface area contributed by atoms with E-state index in [-0.39, 0.29) is 30.3 Å². The maximum atomic E-state index is 15.4. The fourth-order valence-corrected chi connectivity index (χ4v) is 4.00. The summed E-state index contributed by atoms with van der Waals surface area (Å²) >= 11 is 0. The number of carbonyl (C=O) groups is 1. The second-order valence-corrected chi connectivity index (χ2v) is 8.26. The molecule has 1 heterocycles. The van der Waals surface area contributed by atoms with E-state index in [1.807, 2.05) is 36.4 Å². The molecule has 2 unspecified atom stereocenters. The molecule has 1 fully saturated rings. The third-order valence-electron chi connectivity index (χ3n) is 5.80. The number of nitrogens with zero attached hydrogens (tertiary/aromatic N) is 2. The Morgan fingerprint density at radius 1 is 1.08 bits per heavy atom. The lowest BCUT2D eigenvalue weighted by atomic mass is 10.1. The fourth-order valence-electron chi connectivity index (χ4n) is 4.00. The van der Waals surface area contributed by atoms with Crippen molar-refractivity contribution >= 4 is 5.97 Å². The van der Waals surface area contributed by atoms with E-state index in [9.17, 15) is 18.8 Å². The van der Waals surface area contributed by atoms with Crippen molar-refractivity contribution in [3.63, 3.8) is 0 Å². The van der Waals surface area contributed by atoms with Crippen molar-refractivity contribution in [1.29, 1.82) is 5.26 Å². The average molecular weight is 512 g/mol. The van der Waals surface area contributed by atoms with Crippen LogP contribution in [0.15, 0.2) is 48.5 Å². The highest BCUT2D eigenvalue weighted by Gasteiger charge is 2.38. The molecule has 1 aromatic heterocycles. The molecule has 1 aliphatic carbocycles. The zero-order chi connectivity index (χ0) is 26.4. The van der Waals surface area contributed by atoms with Gasteiger partial charge in [-0.05, 0) is 43.9 Å². The minimum absolute atomic E-state index is 0.120. The molecule has 37 heavy (non-hydrogen) atoms. The first-order valence-corrected chi connectivity index (χ1v) is 11.7. The number of aromatic nitrogens is 1. The maximum absolute atomic E-state index is 15.4. The Kier molecular flexibility index (Phi) is 8.13. The number of esters is 1. The first-order chi connectivity index (χ1) is 17.9. The van der Waals surface area contributed by atoms with Crippen molar-refractivity contribution in [2.75, 3.05) is 6.61 Å². The van der Waals surface area contributed by atoms with E-state index in [0.717, 1.165) is 5.56 Å². The van der Waals surface area contributed by atoms with Crippen LogP contribution in [0.3, 0.4) is 0 Å². The van der Waals surface area contributed by atoms with E-state index in [1.54, 1.807) is 6.92 Å². The largest absolute Gasteiger partial charge is 0.485 e. The molecule has 1 saturated carbocycles. The van der Waals surface area contributed by atoms with Gasteiger partial charge in [0.25, 0.3) is 11.8 Å². The molecule has 0 bridgehead atoms. The lowest BCUT2D eigenvalue weighted by Gasteiger charge is -2.21. The Bertz CT molecular complexity index is 1310. The first-order valence-electron chi connectivity index (χ1n) is 11.7. The van der Waals surface area contributed by atoms with E-state index in [2.05, 4.69) is 4.98 Å². The van der Waals surface area contributed by atoms with Crippen molar-refractivity contribution in [1.82, 2.24) is 4.98 Å². The second kappa shape index (κ2) is 11.6. The van der Waals surface area contributed by atoms with Gasteiger partial charge >= 0.3 is 5.97 Å². The first kappa shape index (κ1) is 25.8. The number of nitriles is 1. The summed E-state index contributed by atoms with van der Waals surface area (Å²) in [4.78, 5) is 15.5. The van der Waals surface area contributed by atoms with Gasteiger partial charge in [-0.1, -0.05) is 30.3 Å². The third kappa shape index (κ3) is 5.94. The van der Waals surface area contributed by atoms with Crippen LogP contribution >= 0.6 is 0 Å². The highest BCUT2D eigenvalue weighted by atomic mass is 19.2. The van der Waals surface area contributed by atoms with E-state index < -0.39 is 47.2 Å². The van der Waals surface area contributed by atoms with Crippen LogP contribution in [0, 0.1) is 34.8 Å². The molecule has 2 aromatic carbocycles. The maximum Gasteiger partial charge on any atom is 0.312 e. The summed E-state index contributed by atoms with van der Waals surface area (Å²) < 4.78 is 66.0. The minimum Gasteiger partial charge on any atom is -0.485 e. The molecule has 0 amide bonds. The summed E-state index contributed by atoms with van der Waals surface area (Å²) in [5.41, 5.74) is 0.989. The standard InChI is InChI=1S/C27H23F3N2O5/c1-2-34-27(33)18-9-6-10-19(18)36-24-22(28)25(30)32-26(23(24)29)37-21-13-17(14-31)11-12-20(21)35-15-16-7-4-3-5-8-16/h3-5,7-8,11-13,18-19H,2,6,9-10,15H2,1H3. The molecule has 10 heteroatoms. The van der Waals surface area contributed by atoms with Crippen LogP contribution in [0.5, 0.6) is 23.1 Å². The van der Waals surface area contributed by atoms with Gasteiger partial charge in [0, 0.05) is 6.07 Å².